The Morgan fingerprint density at radius 2 is 2.00 bits per heavy atom. The predicted molar refractivity (Wildman–Crippen MR) is 70.4 cm³/mol. The van der Waals surface area contributed by atoms with Crippen molar-refractivity contribution in [2.75, 3.05) is 6.54 Å². The molecule has 0 unspecified atom stereocenters. The lowest BCUT2D eigenvalue weighted by atomic mass is 10.1. The van der Waals surface area contributed by atoms with Gasteiger partial charge in [-0.05, 0) is 18.6 Å². The van der Waals surface area contributed by atoms with Crippen LogP contribution in [0.25, 0.3) is 0 Å². The molecule has 1 aromatic carbocycles. The molecule has 2 aromatic rings. The number of carboxylic acids is 1. The number of aromatic nitrogens is 3. The van der Waals surface area contributed by atoms with Crippen LogP contribution in [0.3, 0.4) is 0 Å². The number of hydrogen-bond acceptors (Lipinski definition) is 4. The third-order valence-corrected chi connectivity index (χ3v) is 2.74. The van der Waals surface area contributed by atoms with Crippen molar-refractivity contribution in [3.63, 3.8) is 0 Å². The molecule has 1 amide bonds. The Morgan fingerprint density at radius 1 is 1.25 bits per heavy atom. The maximum absolute atomic E-state index is 11.9. The maximum Gasteiger partial charge on any atom is 0.336 e. The number of rotatable bonds is 6. The highest BCUT2D eigenvalue weighted by molar-refractivity contribution is 6.04. The Kier molecular flexibility index (Phi) is 4.43. The molecule has 0 aliphatic carbocycles. The van der Waals surface area contributed by atoms with Crippen LogP contribution in [0.1, 0.15) is 33.0 Å². The van der Waals surface area contributed by atoms with E-state index in [0.29, 0.717) is 19.4 Å². The van der Waals surface area contributed by atoms with Crippen LogP contribution in [0.2, 0.25) is 0 Å². The molecule has 0 fully saturated rings. The number of aryl methyl sites for hydroxylation is 1. The number of hydrogen-bond donors (Lipinski definition) is 3. The molecule has 0 aliphatic rings. The molecule has 0 radical (unpaired) electrons. The van der Waals surface area contributed by atoms with Gasteiger partial charge < -0.3 is 10.4 Å². The summed E-state index contributed by atoms with van der Waals surface area (Å²) in [7, 11) is 0. The van der Waals surface area contributed by atoms with E-state index in [0.717, 1.165) is 5.82 Å². The van der Waals surface area contributed by atoms with Crippen molar-refractivity contribution >= 4 is 11.9 Å². The minimum atomic E-state index is -1.11. The number of nitrogens with zero attached hydrogens (tertiary/aromatic N) is 2. The van der Waals surface area contributed by atoms with E-state index < -0.39 is 5.97 Å². The Labute approximate surface area is 115 Å². The van der Waals surface area contributed by atoms with E-state index in [2.05, 4.69) is 20.5 Å². The number of aromatic carboxylic acids is 1. The molecule has 1 aromatic heterocycles. The zero-order valence-corrected chi connectivity index (χ0v) is 10.7. The van der Waals surface area contributed by atoms with Gasteiger partial charge in [-0.15, -0.1) is 0 Å². The molecule has 0 spiro atoms. The first-order chi connectivity index (χ1) is 9.68. The first kappa shape index (κ1) is 13.7. The minimum absolute atomic E-state index is 0.000217. The number of amides is 1. The van der Waals surface area contributed by atoms with Gasteiger partial charge in [0.15, 0.2) is 0 Å². The third-order valence-electron chi connectivity index (χ3n) is 2.74. The lowest BCUT2D eigenvalue weighted by molar-refractivity contribution is 0.0691. The highest BCUT2D eigenvalue weighted by Gasteiger charge is 2.14. The fraction of sp³-hybridized carbons (Fsp3) is 0.231. The second kappa shape index (κ2) is 6.46. The number of carbonyl (C=O) groups is 2. The van der Waals surface area contributed by atoms with Crippen LogP contribution in [0, 0.1) is 0 Å². The minimum Gasteiger partial charge on any atom is -0.478 e. The van der Waals surface area contributed by atoms with Crippen LogP contribution in [-0.4, -0.2) is 38.7 Å². The number of aromatic amines is 1. The van der Waals surface area contributed by atoms with Crippen LogP contribution in [0.5, 0.6) is 0 Å². The van der Waals surface area contributed by atoms with Crippen LogP contribution < -0.4 is 5.32 Å². The highest BCUT2D eigenvalue weighted by Crippen LogP contribution is 2.08. The van der Waals surface area contributed by atoms with Gasteiger partial charge in [0.05, 0.1) is 11.1 Å². The van der Waals surface area contributed by atoms with E-state index in [9.17, 15) is 9.59 Å². The Hall–Kier alpha value is -2.70. The molecular formula is C13H14N4O3. The van der Waals surface area contributed by atoms with Gasteiger partial charge in [-0.2, -0.15) is 5.10 Å². The van der Waals surface area contributed by atoms with Crippen molar-refractivity contribution in [1.82, 2.24) is 20.5 Å². The SMILES string of the molecule is O=C(O)c1ccccc1C(=O)NCCCc1ncn[nH]1. The molecular weight excluding hydrogens is 260 g/mol. The van der Waals surface area contributed by atoms with E-state index in [-0.39, 0.29) is 17.0 Å². The summed E-state index contributed by atoms with van der Waals surface area (Å²) in [5.41, 5.74) is 0.167. The van der Waals surface area contributed by atoms with Crippen molar-refractivity contribution in [3.05, 3.63) is 47.5 Å². The van der Waals surface area contributed by atoms with Crippen molar-refractivity contribution in [3.8, 4) is 0 Å². The molecule has 104 valence electrons. The molecule has 2 rings (SSSR count). The lowest BCUT2D eigenvalue weighted by Crippen LogP contribution is -2.26. The molecule has 0 aliphatic heterocycles. The van der Waals surface area contributed by atoms with Crippen LogP contribution in [0.15, 0.2) is 30.6 Å². The predicted octanol–water partition coefficient (Wildman–Crippen LogP) is 0.865. The molecule has 20 heavy (non-hydrogen) atoms. The lowest BCUT2D eigenvalue weighted by Gasteiger charge is -2.07. The first-order valence-electron chi connectivity index (χ1n) is 6.13. The second-order valence-corrected chi connectivity index (χ2v) is 4.14. The molecule has 0 saturated carbocycles. The van der Waals surface area contributed by atoms with Gasteiger partial charge in [-0.25, -0.2) is 9.78 Å². The van der Waals surface area contributed by atoms with Gasteiger partial charge in [0.25, 0.3) is 5.91 Å². The first-order valence-corrected chi connectivity index (χ1v) is 6.13. The van der Waals surface area contributed by atoms with E-state index >= 15 is 0 Å². The topological polar surface area (TPSA) is 108 Å². The fourth-order valence-electron chi connectivity index (χ4n) is 1.77. The Balaban J connectivity index is 1.87. The van der Waals surface area contributed by atoms with Gasteiger partial charge in [0.2, 0.25) is 0 Å². The largest absolute Gasteiger partial charge is 0.478 e. The zero-order valence-electron chi connectivity index (χ0n) is 10.7. The zero-order chi connectivity index (χ0) is 14.4. The van der Waals surface area contributed by atoms with Gasteiger partial charge >= 0.3 is 5.97 Å². The van der Waals surface area contributed by atoms with Crippen LogP contribution in [-0.2, 0) is 6.42 Å². The Morgan fingerprint density at radius 3 is 2.65 bits per heavy atom. The maximum atomic E-state index is 11.9. The fourth-order valence-corrected chi connectivity index (χ4v) is 1.77. The van der Waals surface area contributed by atoms with Crippen LogP contribution in [0.4, 0.5) is 0 Å². The van der Waals surface area contributed by atoms with Crippen molar-refractivity contribution in [1.29, 1.82) is 0 Å². The van der Waals surface area contributed by atoms with E-state index in [4.69, 9.17) is 5.11 Å². The quantitative estimate of drug-likeness (QED) is 0.677. The van der Waals surface area contributed by atoms with E-state index in [1.165, 1.54) is 18.5 Å². The third kappa shape index (κ3) is 3.41. The summed E-state index contributed by atoms with van der Waals surface area (Å²) in [5.74, 6) is -0.747. The summed E-state index contributed by atoms with van der Waals surface area (Å²) in [4.78, 5) is 26.9. The highest BCUT2D eigenvalue weighted by atomic mass is 16.4. The second-order valence-electron chi connectivity index (χ2n) is 4.14. The number of benzene rings is 1. The summed E-state index contributed by atoms with van der Waals surface area (Å²) >= 11 is 0. The number of carbonyl (C=O) groups excluding carboxylic acids is 1. The smallest absolute Gasteiger partial charge is 0.336 e. The average molecular weight is 274 g/mol. The molecule has 0 bridgehead atoms. The summed E-state index contributed by atoms with van der Waals surface area (Å²) in [6, 6.07) is 6.13. The van der Waals surface area contributed by atoms with Crippen LogP contribution >= 0.6 is 0 Å². The molecule has 7 nitrogen and oxygen atoms in total. The molecule has 3 N–H and O–H groups in total. The summed E-state index contributed by atoms with van der Waals surface area (Å²) in [6.45, 7) is 0.438. The molecule has 7 heteroatoms. The number of carboxylic acid groups (broad SMARTS) is 1. The normalized spacial score (nSPS) is 10.2. The van der Waals surface area contributed by atoms with E-state index in [1.54, 1.807) is 12.1 Å². The Bertz CT molecular complexity index is 595. The summed E-state index contributed by atoms with van der Waals surface area (Å²) in [6.07, 6.45) is 2.79. The van der Waals surface area contributed by atoms with Gasteiger partial charge in [-0.3, -0.25) is 9.89 Å². The number of nitrogens with one attached hydrogen (secondary N) is 2. The average Bonchev–Trinajstić information content (AvgIpc) is 2.96. The van der Waals surface area contributed by atoms with Gasteiger partial charge in [0.1, 0.15) is 12.2 Å². The summed E-state index contributed by atoms with van der Waals surface area (Å²) in [5, 5.41) is 18.2. The van der Waals surface area contributed by atoms with Crippen molar-refractivity contribution in [2.24, 2.45) is 0 Å². The molecule has 0 atom stereocenters. The van der Waals surface area contributed by atoms with Crippen molar-refractivity contribution < 1.29 is 14.7 Å². The standard InChI is InChI=1S/C13H14N4O3/c18-12(9-4-1-2-5-10(9)13(19)20)14-7-3-6-11-15-8-16-17-11/h1-2,4-5,8H,3,6-7H2,(H,14,18)(H,19,20)(H,15,16,17). The molecule has 1 heterocycles. The monoisotopic (exact) mass is 274 g/mol. The van der Waals surface area contributed by atoms with Crippen molar-refractivity contribution in [2.45, 2.75) is 12.8 Å². The summed E-state index contributed by atoms with van der Waals surface area (Å²) < 4.78 is 0. The number of H-pyrrole nitrogens is 1. The van der Waals surface area contributed by atoms with Gasteiger partial charge in [-0.1, -0.05) is 12.1 Å². The van der Waals surface area contributed by atoms with Gasteiger partial charge in [0, 0.05) is 13.0 Å². The molecule has 0 saturated heterocycles. The van der Waals surface area contributed by atoms with E-state index in [1.807, 2.05) is 0 Å².